The molecule has 0 spiro atoms. The molecule has 2 aliphatic rings. The number of aromatic nitrogens is 2. The highest BCUT2D eigenvalue weighted by Gasteiger charge is 2.41. The van der Waals surface area contributed by atoms with Crippen LogP contribution in [0.3, 0.4) is 0 Å². The lowest BCUT2D eigenvalue weighted by atomic mass is 10.1. The number of fused-ring (bicyclic) bond motifs is 6. The first-order valence-corrected chi connectivity index (χ1v) is 8.21. The fourth-order valence-electron chi connectivity index (χ4n) is 4.32. The van der Waals surface area contributed by atoms with Crippen molar-refractivity contribution >= 4 is 23.0 Å². The highest BCUT2D eigenvalue weighted by molar-refractivity contribution is 7.71. The fraction of sp³-hybridized carbons (Fsp3) is 0.278. The summed E-state index contributed by atoms with van der Waals surface area (Å²) in [5.74, 6) is 0.816. The van der Waals surface area contributed by atoms with E-state index in [2.05, 4.69) is 22.8 Å². The van der Waals surface area contributed by atoms with E-state index in [0.29, 0.717) is 17.8 Å². The Morgan fingerprint density at radius 1 is 1.05 bits per heavy atom. The zero-order chi connectivity index (χ0) is 14.8. The Labute approximate surface area is 133 Å². The van der Waals surface area contributed by atoms with Crippen LogP contribution in [0.4, 0.5) is 0 Å². The van der Waals surface area contributed by atoms with Gasteiger partial charge >= 0.3 is 0 Å². The van der Waals surface area contributed by atoms with Gasteiger partial charge in [-0.25, -0.2) is 0 Å². The molecule has 1 N–H and O–H groups in total. The number of benzene rings is 2. The Bertz CT molecular complexity index is 964. The quantitative estimate of drug-likeness (QED) is 0.661. The van der Waals surface area contributed by atoms with Crippen molar-refractivity contribution in [2.45, 2.75) is 31.2 Å². The molecule has 5 rings (SSSR count). The molecule has 2 bridgehead atoms. The predicted octanol–water partition coefficient (Wildman–Crippen LogP) is 4.69. The maximum absolute atomic E-state index is 10.8. The Kier molecular flexibility index (Phi) is 2.40. The number of hydrogen-bond donors (Lipinski definition) is 1. The van der Waals surface area contributed by atoms with Gasteiger partial charge in [-0.3, -0.25) is 4.57 Å². The summed E-state index contributed by atoms with van der Waals surface area (Å²) >= 11 is 5.71. The number of imidazole rings is 1. The molecule has 22 heavy (non-hydrogen) atoms. The van der Waals surface area contributed by atoms with Crippen molar-refractivity contribution < 1.29 is 5.11 Å². The van der Waals surface area contributed by atoms with E-state index < -0.39 is 0 Å². The van der Waals surface area contributed by atoms with E-state index in [1.54, 1.807) is 0 Å². The summed E-state index contributed by atoms with van der Waals surface area (Å²) in [6.07, 6.45) is 3.50. The molecule has 2 unspecified atom stereocenters. The lowest BCUT2D eigenvalue weighted by Crippen LogP contribution is -2.06. The average molecular weight is 308 g/mol. The molecule has 3 nitrogen and oxygen atoms in total. The van der Waals surface area contributed by atoms with Crippen LogP contribution < -0.4 is 0 Å². The molecule has 0 amide bonds. The van der Waals surface area contributed by atoms with Crippen LogP contribution in [0.1, 0.15) is 36.9 Å². The molecule has 1 fully saturated rings. The molecule has 2 atom stereocenters. The van der Waals surface area contributed by atoms with Crippen LogP contribution in [0.5, 0.6) is 5.88 Å². The molecule has 1 aliphatic carbocycles. The summed E-state index contributed by atoms with van der Waals surface area (Å²) in [4.78, 5) is 0. The highest BCUT2D eigenvalue weighted by Crippen LogP contribution is 2.53. The summed E-state index contributed by atoms with van der Waals surface area (Å²) in [6.45, 7) is 0. The summed E-state index contributed by atoms with van der Waals surface area (Å²) in [5.41, 5.74) is 2.02. The normalized spacial score (nSPS) is 22.4. The van der Waals surface area contributed by atoms with Gasteiger partial charge in [-0.05, 0) is 42.9 Å². The van der Waals surface area contributed by atoms with Crippen LogP contribution in [-0.4, -0.2) is 14.2 Å². The molecular weight excluding hydrogens is 292 g/mol. The second kappa shape index (κ2) is 4.23. The van der Waals surface area contributed by atoms with Crippen molar-refractivity contribution in [3.05, 3.63) is 52.9 Å². The average Bonchev–Trinajstić information content (AvgIpc) is 3.21. The number of nitrogens with zero attached hydrogens (tertiary/aromatic N) is 2. The monoisotopic (exact) mass is 308 g/mol. The zero-order valence-corrected chi connectivity index (χ0v) is 12.9. The van der Waals surface area contributed by atoms with Gasteiger partial charge in [0.15, 0.2) is 4.77 Å². The molecule has 1 aromatic heterocycles. The molecule has 4 heteroatoms. The van der Waals surface area contributed by atoms with Crippen LogP contribution in [0, 0.1) is 4.77 Å². The van der Waals surface area contributed by atoms with Gasteiger partial charge in [0.25, 0.3) is 0 Å². The third-order valence-electron chi connectivity index (χ3n) is 5.26. The van der Waals surface area contributed by atoms with E-state index >= 15 is 0 Å². The Morgan fingerprint density at radius 3 is 2.73 bits per heavy atom. The Hall–Kier alpha value is -2.07. The molecule has 0 saturated heterocycles. The molecule has 2 aromatic carbocycles. The minimum atomic E-state index is 0.341. The molecule has 1 saturated carbocycles. The van der Waals surface area contributed by atoms with Gasteiger partial charge in [-0.2, -0.15) is 0 Å². The summed E-state index contributed by atoms with van der Waals surface area (Å²) in [7, 11) is 0. The highest BCUT2D eigenvalue weighted by atomic mass is 32.1. The van der Waals surface area contributed by atoms with Gasteiger partial charge in [0.1, 0.15) is 0 Å². The molecule has 0 radical (unpaired) electrons. The van der Waals surface area contributed by atoms with Gasteiger partial charge in [-0.1, -0.05) is 36.4 Å². The largest absolute Gasteiger partial charge is 0.493 e. The second-order valence-electron chi connectivity index (χ2n) is 6.36. The van der Waals surface area contributed by atoms with Gasteiger partial charge in [-0.15, -0.1) is 0 Å². The van der Waals surface area contributed by atoms with E-state index in [9.17, 15) is 5.11 Å². The predicted molar refractivity (Wildman–Crippen MR) is 89.4 cm³/mol. The Balaban J connectivity index is 1.86. The first-order chi connectivity index (χ1) is 10.8. The number of rotatable bonds is 1. The van der Waals surface area contributed by atoms with Crippen molar-refractivity contribution in [1.29, 1.82) is 0 Å². The van der Waals surface area contributed by atoms with Crippen molar-refractivity contribution in [3.63, 3.8) is 0 Å². The maximum atomic E-state index is 10.8. The molecule has 1 aliphatic heterocycles. The van der Waals surface area contributed by atoms with E-state index in [1.807, 2.05) is 28.8 Å². The second-order valence-corrected chi connectivity index (χ2v) is 6.72. The van der Waals surface area contributed by atoms with Crippen LogP contribution in [0.15, 0.2) is 42.5 Å². The molecular formula is C18H16N2OS. The van der Waals surface area contributed by atoms with Crippen molar-refractivity contribution in [3.8, 4) is 11.6 Å². The van der Waals surface area contributed by atoms with Gasteiger partial charge < -0.3 is 9.67 Å². The summed E-state index contributed by atoms with van der Waals surface area (Å²) in [6, 6.07) is 14.9. The number of aromatic hydroxyl groups is 1. The van der Waals surface area contributed by atoms with Gasteiger partial charge in [0.2, 0.25) is 5.88 Å². The zero-order valence-electron chi connectivity index (χ0n) is 12.1. The third kappa shape index (κ3) is 1.43. The van der Waals surface area contributed by atoms with Gasteiger partial charge in [0.05, 0.1) is 11.4 Å². The minimum Gasteiger partial charge on any atom is -0.493 e. The van der Waals surface area contributed by atoms with Crippen LogP contribution in [0.2, 0.25) is 0 Å². The smallest absolute Gasteiger partial charge is 0.218 e. The first-order valence-electron chi connectivity index (χ1n) is 7.80. The van der Waals surface area contributed by atoms with Crippen LogP contribution >= 0.6 is 12.2 Å². The van der Waals surface area contributed by atoms with E-state index in [4.69, 9.17) is 12.2 Å². The van der Waals surface area contributed by atoms with E-state index in [1.165, 1.54) is 12.8 Å². The van der Waals surface area contributed by atoms with Crippen LogP contribution in [0.25, 0.3) is 16.5 Å². The van der Waals surface area contributed by atoms with E-state index in [0.717, 1.165) is 33.3 Å². The summed E-state index contributed by atoms with van der Waals surface area (Å²) < 4.78 is 4.79. The lowest BCUT2D eigenvalue weighted by Gasteiger charge is -2.12. The van der Waals surface area contributed by atoms with Crippen molar-refractivity contribution in [1.82, 2.24) is 9.13 Å². The minimum absolute atomic E-state index is 0.341. The lowest BCUT2D eigenvalue weighted by molar-refractivity contribution is 0.429. The SMILES string of the molecule is Oc1c2n(c(=S)n1-c1cccc3ccccc13)C1CCC2C1. The standard InChI is InChI=1S/C18H16N2OS/c21-17-16-12-8-9-13(10-12)19(16)18(22)20(17)15-7-3-5-11-4-1-2-6-14(11)15/h1-7,12-13,21H,8-10H2. The molecule has 2 heterocycles. The third-order valence-corrected chi connectivity index (χ3v) is 5.64. The first kappa shape index (κ1) is 12.5. The number of hydrogen-bond acceptors (Lipinski definition) is 2. The van der Waals surface area contributed by atoms with Crippen molar-refractivity contribution in [2.24, 2.45) is 0 Å². The van der Waals surface area contributed by atoms with Crippen LogP contribution in [-0.2, 0) is 0 Å². The van der Waals surface area contributed by atoms with Crippen molar-refractivity contribution in [2.75, 3.05) is 0 Å². The molecule has 110 valence electrons. The Morgan fingerprint density at radius 2 is 1.86 bits per heavy atom. The maximum Gasteiger partial charge on any atom is 0.218 e. The molecule has 3 aromatic rings. The van der Waals surface area contributed by atoms with Gasteiger partial charge in [0, 0.05) is 17.3 Å². The topological polar surface area (TPSA) is 30.1 Å². The van der Waals surface area contributed by atoms with E-state index in [-0.39, 0.29) is 0 Å². The summed E-state index contributed by atoms with van der Waals surface area (Å²) in [5, 5.41) is 13.1. The fourth-order valence-corrected chi connectivity index (χ4v) is 4.75.